The van der Waals surface area contributed by atoms with E-state index >= 15 is 0 Å². The summed E-state index contributed by atoms with van der Waals surface area (Å²) in [7, 11) is 0. The highest BCUT2D eigenvalue weighted by Gasteiger charge is 1.95. The predicted octanol–water partition coefficient (Wildman–Crippen LogP) is 4.16. The van der Waals surface area contributed by atoms with Gasteiger partial charge in [0, 0.05) is 0 Å². The molecule has 2 aromatic rings. The Kier molecular flexibility index (Phi) is 5.45. The Morgan fingerprint density at radius 1 is 1.00 bits per heavy atom. The van der Waals surface area contributed by atoms with Crippen LogP contribution in [0.15, 0.2) is 53.0 Å². The molecular formula is C17H21NO. The number of hydrogen-bond donors (Lipinski definition) is 1. The van der Waals surface area contributed by atoms with Crippen molar-refractivity contribution in [3.8, 4) is 0 Å². The van der Waals surface area contributed by atoms with Crippen LogP contribution in [0.3, 0.4) is 0 Å². The third-order valence-corrected chi connectivity index (χ3v) is 3.09. The van der Waals surface area contributed by atoms with Crippen LogP contribution >= 0.6 is 0 Å². The highest BCUT2D eigenvalue weighted by atomic mass is 16.3. The fourth-order valence-corrected chi connectivity index (χ4v) is 2.03. The van der Waals surface area contributed by atoms with Crippen molar-refractivity contribution in [2.45, 2.75) is 32.2 Å². The van der Waals surface area contributed by atoms with Gasteiger partial charge < -0.3 is 10.2 Å². The van der Waals surface area contributed by atoms with Crippen molar-refractivity contribution in [2.24, 2.45) is 5.73 Å². The molecule has 2 N–H and O–H groups in total. The monoisotopic (exact) mass is 255 g/mol. The maximum atomic E-state index is 5.50. The second kappa shape index (κ2) is 7.59. The topological polar surface area (TPSA) is 39.2 Å². The van der Waals surface area contributed by atoms with Crippen LogP contribution in [0.1, 0.15) is 36.3 Å². The van der Waals surface area contributed by atoms with E-state index < -0.39 is 0 Å². The van der Waals surface area contributed by atoms with Crippen LogP contribution in [0, 0.1) is 0 Å². The smallest absolute Gasteiger partial charge is 0.126 e. The van der Waals surface area contributed by atoms with Crippen LogP contribution in [0.4, 0.5) is 0 Å². The van der Waals surface area contributed by atoms with Crippen LogP contribution < -0.4 is 5.73 Å². The van der Waals surface area contributed by atoms with Gasteiger partial charge >= 0.3 is 0 Å². The van der Waals surface area contributed by atoms with Gasteiger partial charge in [0.15, 0.2) is 0 Å². The number of rotatable bonds is 7. The molecule has 0 aliphatic carbocycles. The Bertz CT molecular complexity index is 499. The first-order valence-electron chi connectivity index (χ1n) is 6.88. The summed E-state index contributed by atoms with van der Waals surface area (Å²) in [6, 6.07) is 14.5. The molecule has 1 heterocycles. The summed E-state index contributed by atoms with van der Waals surface area (Å²) in [5.41, 5.74) is 6.92. The van der Waals surface area contributed by atoms with Crippen molar-refractivity contribution in [1.82, 2.24) is 0 Å². The first-order valence-corrected chi connectivity index (χ1v) is 6.88. The summed E-state index contributed by atoms with van der Waals surface area (Å²) in [4.78, 5) is 0. The third-order valence-electron chi connectivity index (χ3n) is 3.09. The molecule has 2 nitrogen and oxygen atoms in total. The molecule has 0 saturated carbocycles. The van der Waals surface area contributed by atoms with Gasteiger partial charge in [-0.2, -0.15) is 0 Å². The Morgan fingerprint density at radius 3 is 2.58 bits per heavy atom. The molecular weight excluding hydrogens is 234 g/mol. The second-order valence-corrected chi connectivity index (χ2v) is 4.64. The summed E-state index contributed by atoms with van der Waals surface area (Å²) in [6.07, 6.45) is 8.88. The Hall–Kier alpha value is -1.80. The van der Waals surface area contributed by atoms with Gasteiger partial charge in [0.2, 0.25) is 0 Å². The highest BCUT2D eigenvalue weighted by molar-refractivity contribution is 5.42. The van der Waals surface area contributed by atoms with E-state index in [2.05, 4.69) is 36.4 Å². The van der Waals surface area contributed by atoms with Crippen LogP contribution in [0.2, 0.25) is 0 Å². The van der Waals surface area contributed by atoms with Crippen molar-refractivity contribution >= 4 is 6.08 Å². The first-order chi connectivity index (χ1) is 9.38. The zero-order valence-corrected chi connectivity index (χ0v) is 11.2. The average molecular weight is 255 g/mol. The number of nitrogens with two attached hydrogens (primary N) is 1. The number of hydrogen-bond acceptors (Lipinski definition) is 2. The maximum absolute atomic E-state index is 5.50. The standard InChI is InChI=1S/C17H21NO/c18-14-17-13-12-16(19-17)11-7-2-1-4-8-15-9-5-3-6-10-15/h3,5-7,9-13H,1-2,4,8,14,18H2. The van der Waals surface area contributed by atoms with Gasteiger partial charge in [-0.25, -0.2) is 0 Å². The maximum Gasteiger partial charge on any atom is 0.126 e. The lowest BCUT2D eigenvalue weighted by atomic mass is 10.1. The molecule has 100 valence electrons. The normalized spacial score (nSPS) is 11.2. The number of allylic oxidation sites excluding steroid dienone is 1. The van der Waals surface area contributed by atoms with E-state index in [4.69, 9.17) is 10.2 Å². The van der Waals surface area contributed by atoms with E-state index in [0.29, 0.717) is 6.54 Å². The quantitative estimate of drug-likeness (QED) is 0.754. The van der Waals surface area contributed by atoms with Crippen LogP contribution in [-0.4, -0.2) is 0 Å². The molecule has 1 aromatic carbocycles. The van der Waals surface area contributed by atoms with Gasteiger partial charge in [-0.05, 0) is 49.5 Å². The van der Waals surface area contributed by atoms with Crippen LogP contribution in [0.5, 0.6) is 0 Å². The van der Waals surface area contributed by atoms with E-state index in [9.17, 15) is 0 Å². The molecule has 2 rings (SSSR count). The minimum Gasteiger partial charge on any atom is -0.460 e. The molecule has 0 fully saturated rings. The van der Waals surface area contributed by atoms with Gasteiger partial charge in [-0.3, -0.25) is 0 Å². The average Bonchev–Trinajstić information content (AvgIpc) is 2.92. The number of benzene rings is 1. The minimum atomic E-state index is 0.463. The van der Waals surface area contributed by atoms with E-state index in [1.807, 2.05) is 18.2 Å². The van der Waals surface area contributed by atoms with E-state index in [1.165, 1.54) is 18.4 Å². The molecule has 0 aliphatic rings. The first kappa shape index (κ1) is 13.6. The van der Waals surface area contributed by atoms with E-state index in [1.54, 1.807) is 0 Å². The van der Waals surface area contributed by atoms with Crippen LogP contribution in [0.25, 0.3) is 6.08 Å². The summed E-state index contributed by atoms with van der Waals surface area (Å²) in [6.45, 7) is 0.463. The van der Waals surface area contributed by atoms with Crippen molar-refractivity contribution in [2.75, 3.05) is 0 Å². The minimum absolute atomic E-state index is 0.463. The third kappa shape index (κ3) is 4.76. The summed E-state index contributed by atoms with van der Waals surface area (Å²) in [5, 5.41) is 0. The second-order valence-electron chi connectivity index (χ2n) is 4.64. The van der Waals surface area contributed by atoms with Gasteiger partial charge in [-0.15, -0.1) is 0 Å². The van der Waals surface area contributed by atoms with Crippen molar-refractivity contribution in [1.29, 1.82) is 0 Å². The van der Waals surface area contributed by atoms with Gasteiger partial charge in [0.05, 0.1) is 6.54 Å². The molecule has 0 radical (unpaired) electrons. The molecule has 0 bridgehead atoms. The van der Waals surface area contributed by atoms with Gasteiger partial charge in [0.25, 0.3) is 0 Å². The molecule has 0 amide bonds. The molecule has 0 saturated heterocycles. The van der Waals surface area contributed by atoms with Crippen molar-refractivity contribution < 1.29 is 4.42 Å². The van der Waals surface area contributed by atoms with Crippen molar-refractivity contribution in [3.63, 3.8) is 0 Å². The van der Waals surface area contributed by atoms with E-state index in [0.717, 1.165) is 24.4 Å². The molecule has 0 aliphatic heterocycles. The summed E-state index contributed by atoms with van der Waals surface area (Å²) >= 11 is 0. The molecule has 1 aromatic heterocycles. The summed E-state index contributed by atoms with van der Waals surface area (Å²) < 4.78 is 5.50. The Morgan fingerprint density at radius 2 is 1.84 bits per heavy atom. The fraction of sp³-hybridized carbons (Fsp3) is 0.294. The van der Waals surface area contributed by atoms with Gasteiger partial charge in [0.1, 0.15) is 11.5 Å². The molecule has 0 atom stereocenters. The number of unbranched alkanes of at least 4 members (excludes halogenated alkanes) is 2. The molecule has 0 spiro atoms. The lowest BCUT2D eigenvalue weighted by Crippen LogP contribution is -1.92. The Labute approximate surface area is 114 Å². The van der Waals surface area contributed by atoms with E-state index in [-0.39, 0.29) is 0 Å². The molecule has 0 unspecified atom stereocenters. The molecule has 19 heavy (non-hydrogen) atoms. The van der Waals surface area contributed by atoms with Crippen LogP contribution in [-0.2, 0) is 13.0 Å². The largest absolute Gasteiger partial charge is 0.460 e. The predicted molar refractivity (Wildman–Crippen MR) is 79.6 cm³/mol. The zero-order valence-electron chi connectivity index (χ0n) is 11.2. The lowest BCUT2D eigenvalue weighted by molar-refractivity contribution is 0.504. The zero-order chi connectivity index (χ0) is 13.3. The Balaban J connectivity index is 1.64. The lowest BCUT2D eigenvalue weighted by Gasteiger charge is -1.99. The number of furan rings is 1. The highest BCUT2D eigenvalue weighted by Crippen LogP contribution is 2.11. The fourth-order valence-electron chi connectivity index (χ4n) is 2.03. The van der Waals surface area contributed by atoms with Crippen molar-refractivity contribution in [3.05, 3.63) is 65.6 Å². The number of aryl methyl sites for hydroxylation is 1. The molecule has 2 heteroatoms. The van der Waals surface area contributed by atoms with Gasteiger partial charge in [-0.1, -0.05) is 36.4 Å². The summed E-state index contributed by atoms with van der Waals surface area (Å²) in [5.74, 6) is 1.73. The SMILES string of the molecule is NCc1ccc(C=CCCCCc2ccccc2)o1.